The van der Waals surface area contributed by atoms with Crippen molar-refractivity contribution in [1.29, 1.82) is 0 Å². The minimum absolute atomic E-state index is 0.149. The fraction of sp³-hybridized carbons (Fsp3) is 0.765. The number of piperidine rings is 1. The molecule has 2 amide bonds. The molecule has 1 unspecified atom stereocenters. The summed E-state index contributed by atoms with van der Waals surface area (Å²) in [7, 11) is 1.34. The molecule has 25 heavy (non-hydrogen) atoms. The van der Waals surface area contributed by atoms with Gasteiger partial charge < -0.3 is 14.6 Å². The van der Waals surface area contributed by atoms with E-state index in [1.807, 2.05) is 0 Å². The number of hydrogen-bond acceptors (Lipinski definition) is 6. The van der Waals surface area contributed by atoms with Crippen molar-refractivity contribution in [3.8, 4) is 0 Å². The number of methoxy groups -OCH3 is 1. The predicted octanol–water partition coefficient (Wildman–Crippen LogP) is 2.01. The molecule has 8 heteroatoms. The van der Waals surface area contributed by atoms with Crippen LogP contribution >= 0.6 is 0 Å². The number of ether oxygens (including phenoxy) is 1. The van der Waals surface area contributed by atoms with Gasteiger partial charge in [-0.1, -0.05) is 18.0 Å². The zero-order valence-corrected chi connectivity index (χ0v) is 14.7. The summed E-state index contributed by atoms with van der Waals surface area (Å²) in [6, 6.07) is -0.458. The molecule has 138 valence electrons. The van der Waals surface area contributed by atoms with E-state index in [0.29, 0.717) is 37.7 Å². The summed E-state index contributed by atoms with van der Waals surface area (Å²) in [5, 5.41) is 6.88. The number of likely N-dealkylation sites (tertiary alicyclic amines) is 1. The molecule has 1 aromatic heterocycles. The Labute approximate surface area is 147 Å². The highest BCUT2D eigenvalue weighted by molar-refractivity contribution is 5.85. The average molecular weight is 350 g/mol. The van der Waals surface area contributed by atoms with Crippen LogP contribution in [0.25, 0.3) is 0 Å². The molecule has 1 aliphatic heterocycles. The molecule has 2 heterocycles. The minimum Gasteiger partial charge on any atom is -0.453 e. The third-order valence-electron chi connectivity index (χ3n) is 5.05. The maximum absolute atomic E-state index is 12.4. The summed E-state index contributed by atoms with van der Waals surface area (Å²) in [5.74, 6) is 1.59. The van der Waals surface area contributed by atoms with Crippen LogP contribution in [-0.4, -0.2) is 53.3 Å². The molecule has 0 bridgehead atoms. The highest BCUT2D eigenvalue weighted by Crippen LogP contribution is 2.32. The van der Waals surface area contributed by atoms with E-state index >= 15 is 0 Å². The summed E-state index contributed by atoms with van der Waals surface area (Å²) in [6.07, 6.45) is 7.23. The van der Waals surface area contributed by atoms with E-state index in [0.717, 1.165) is 31.6 Å². The first-order valence-electron chi connectivity index (χ1n) is 9.14. The Morgan fingerprint density at radius 3 is 2.76 bits per heavy atom. The first kappa shape index (κ1) is 17.7. The zero-order chi connectivity index (χ0) is 17.6. The Kier molecular flexibility index (Phi) is 5.88. The quantitative estimate of drug-likeness (QED) is 0.872. The van der Waals surface area contributed by atoms with Crippen molar-refractivity contribution in [3.05, 3.63) is 11.7 Å². The fourth-order valence-electron chi connectivity index (χ4n) is 3.66. The second kappa shape index (κ2) is 8.31. The molecule has 0 aromatic carbocycles. The lowest BCUT2D eigenvalue weighted by molar-refractivity contribution is -0.126. The van der Waals surface area contributed by atoms with Gasteiger partial charge in [-0.2, -0.15) is 4.98 Å². The van der Waals surface area contributed by atoms with Crippen LogP contribution in [0.2, 0.25) is 0 Å². The second-order valence-corrected chi connectivity index (χ2v) is 6.75. The van der Waals surface area contributed by atoms with Crippen LogP contribution in [0, 0.1) is 0 Å². The highest BCUT2D eigenvalue weighted by atomic mass is 16.5. The van der Waals surface area contributed by atoms with Crippen molar-refractivity contribution in [2.45, 2.75) is 63.3 Å². The molecule has 2 fully saturated rings. The van der Waals surface area contributed by atoms with Crippen molar-refractivity contribution >= 4 is 12.0 Å². The molecule has 1 aliphatic carbocycles. The fourth-order valence-corrected chi connectivity index (χ4v) is 3.66. The molecular formula is C17H26N4O4. The maximum atomic E-state index is 12.4. The molecule has 1 saturated heterocycles. The van der Waals surface area contributed by atoms with Crippen LogP contribution in [0.5, 0.6) is 0 Å². The summed E-state index contributed by atoms with van der Waals surface area (Å²) in [6.45, 7) is 0.980. The zero-order valence-electron chi connectivity index (χ0n) is 14.7. The van der Waals surface area contributed by atoms with E-state index in [1.165, 1.54) is 24.9 Å². The van der Waals surface area contributed by atoms with Gasteiger partial charge in [0, 0.05) is 25.4 Å². The van der Waals surface area contributed by atoms with Gasteiger partial charge in [-0.25, -0.2) is 4.79 Å². The topological polar surface area (TPSA) is 97.6 Å². The SMILES string of the molecule is COC(=O)N1CCCCC1C(=O)NCCc1noc(C2CCCC2)n1. The van der Waals surface area contributed by atoms with Crippen LogP contribution in [0.4, 0.5) is 4.79 Å². The number of hydrogen-bond donors (Lipinski definition) is 1. The van der Waals surface area contributed by atoms with Crippen molar-refractivity contribution in [1.82, 2.24) is 20.4 Å². The first-order valence-corrected chi connectivity index (χ1v) is 9.14. The molecule has 2 aliphatic rings. The van der Waals surface area contributed by atoms with Crippen LogP contribution in [0.15, 0.2) is 4.52 Å². The monoisotopic (exact) mass is 350 g/mol. The van der Waals surface area contributed by atoms with Crippen molar-refractivity contribution in [2.24, 2.45) is 0 Å². The number of aromatic nitrogens is 2. The summed E-state index contributed by atoms with van der Waals surface area (Å²) in [4.78, 5) is 30.2. The Balaban J connectivity index is 1.47. The lowest BCUT2D eigenvalue weighted by Gasteiger charge is -2.33. The molecule has 1 N–H and O–H groups in total. The van der Waals surface area contributed by atoms with Crippen LogP contribution in [0.1, 0.15) is 62.6 Å². The maximum Gasteiger partial charge on any atom is 0.410 e. The lowest BCUT2D eigenvalue weighted by atomic mass is 10.0. The van der Waals surface area contributed by atoms with Gasteiger partial charge in [0.05, 0.1) is 7.11 Å². The molecule has 0 radical (unpaired) electrons. The number of carbonyl (C=O) groups excluding carboxylic acids is 2. The third-order valence-corrected chi connectivity index (χ3v) is 5.05. The van der Waals surface area contributed by atoms with Gasteiger partial charge in [0.2, 0.25) is 11.8 Å². The van der Waals surface area contributed by atoms with E-state index in [-0.39, 0.29) is 5.91 Å². The van der Waals surface area contributed by atoms with Gasteiger partial charge in [-0.3, -0.25) is 9.69 Å². The van der Waals surface area contributed by atoms with E-state index in [9.17, 15) is 9.59 Å². The molecule has 3 rings (SSSR count). The van der Waals surface area contributed by atoms with Gasteiger partial charge in [0.25, 0.3) is 0 Å². The Morgan fingerprint density at radius 1 is 1.24 bits per heavy atom. The molecule has 1 atom stereocenters. The number of nitrogens with zero attached hydrogens (tertiary/aromatic N) is 3. The van der Waals surface area contributed by atoms with Crippen LogP contribution in [-0.2, 0) is 16.0 Å². The normalized spacial score (nSPS) is 21.3. The largest absolute Gasteiger partial charge is 0.453 e. The standard InChI is InChI=1S/C17H26N4O4/c1-24-17(23)21-11-5-4-8-13(21)15(22)18-10-9-14-19-16(25-20-14)12-6-2-3-7-12/h12-13H,2-11H2,1H3,(H,18,22). The van der Waals surface area contributed by atoms with Crippen molar-refractivity contribution < 1.29 is 18.8 Å². The average Bonchev–Trinajstić information content (AvgIpc) is 3.32. The molecule has 1 aromatic rings. The van der Waals surface area contributed by atoms with E-state index in [1.54, 1.807) is 0 Å². The summed E-state index contributed by atoms with van der Waals surface area (Å²) >= 11 is 0. The van der Waals surface area contributed by atoms with Gasteiger partial charge in [-0.15, -0.1) is 0 Å². The van der Waals surface area contributed by atoms with Gasteiger partial charge in [0.15, 0.2) is 5.82 Å². The second-order valence-electron chi connectivity index (χ2n) is 6.75. The van der Waals surface area contributed by atoms with E-state index in [2.05, 4.69) is 15.5 Å². The Bertz CT molecular complexity index is 597. The summed E-state index contributed by atoms with van der Waals surface area (Å²) in [5.41, 5.74) is 0. The predicted molar refractivity (Wildman–Crippen MR) is 89.0 cm³/mol. The molecule has 8 nitrogen and oxygen atoms in total. The van der Waals surface area contributed by atoms with Crippen LogP contribution in [0.3, 0.4) is 0 Å². The number of carbonyl (C=O) groups is 2. The number of amides is 2. The molecule has 0 spiro atoms. The van der Waals surface area contributed by atoms with Crippen molar-refractivity contribution in [3.63, 3.8) is 0 Å². The highest BCUT2D eigenvalue weighted by Gasteiger charge is 2.32. The summed E-state index contributed by atoms with van der Waals surface area (Å²) < 4.78 is 10.1. The first-order chi connectivity index (χ1) is 12.2. The van der Waals surface area contributed by atoms with Crippen LogP contribution < -0.4 is 5.32 Å². The van der Waals surface area contributed by atoms with E-state index < -0.39 is 12.1 Å². The number of nitrogens with one attached hydrogen (secondary N) is 1. The van der Waals surface area contributed by atoms with E-state index in [4.69, 9.17) is 9.26 Å². The Hall–Kier alpha value is -2.12. The molecular weight excluding hydrogens is 324 g/mol. The van der Waals surface area contributed by atoms with Gasteiger partial charge >= 0.3 is 6.09 Å². The lowest BCUT2D eigenvalue weighted by Crippen LogP contribution is -2.52. The molecule has 1 saturated carbocycles. The van der Waals surface area contributed by atoms with Gasteiger partial charge in [-0.05, 0) is 32.1 Å². The Morgan fingerprint density at radius 2 is 2.00 bits per heavy atom. The smallest absolute Gasteiger partial charge is 0.410 e. The van der Waals surface area contributed by atoms with Gasteiger partial charge in [0.1, 0.15) is 6.04 Å². The number of rotatable bonds is 5. The minimum atomic E-state index is -0.458. The third kappa shape index (κ3) is 4.29. The van der Waals surface area contributed by atoms with Crippen molar-refractivity contribution in [2.75, 3.05) is 20.2 Å².